The van der Waals surface area contributed by atoms with E-state index in [-0.39, 0.29) is 6.42 Å². The maximum Gasteiger partial charge on any atom is 0.331 e. The molecule has 11 heteroatoms. The van der Waals surface area contributed by atoms with Crippen molar-refractivity contribution in [3.8, 4) is 0 Å². The summed E-state index contributed by atoms with van der Waals surface area (Å²) in [5, 5.41) is 61.7. The predicted octanol–water partition coefficient (Wildman–Crippen LogP) is -1.20. The smallest absolute Gasteiger partial charge is 0.331 e. The van der Waals surface area contributed by atoms with E-state index in [9.17, 15) is 35.4 Å². The van der Waals surface area contributed by atoms with Crippen molar-refractivity contribution >= 4 is 12.0 Å². The fourth-order valence-corrected chi connectivity index (χ4v) is 4.92. The molecule has 35 heavy (non-hydrogen) atoms. The summed E-state index contributed by atoms with van der Waals surface area (Å²) < 4.78 is 22.3. The Morgan fingerprint density at radius 3 is 2.51 bits per heavy atom. The van der Waals surface area contributed by atoms with Crippen LogP contribution >= 0.6 is 0 Å². The number of ether oxygens (including phenoxy) is 4. The van der Waals surface area contributed by atoms with E-state index in [2.05, 4.69) is 0 Å². The van der Waals surface area contributed by atoms with Crippen LogP contribution in [0.15, 0.2) is 48.7 Å². The van der Waals surface area contributed by atoms with Gasteiger partial charge in [-0.05, 0) is 24.6 Å². The first-order valence-electron chi connectivity index (χ1n) is 11.2. The van der Waals surface area contributed by atoms with Crippen LogP contribution in [0.5, 0.6) is 0 Å². The van der Waals surface area contributed by atoms with Crippen molar-refractivity contribution in [2.45, 2.75) is 67.6 Å². The summed E-state index contributed by atoms with van der Waals surface area (Å²) in [6, 6.07) is 9.06. The Labute approximate surface area is 201 Å². The molecule has 1 aliphatic carbocycles. The zero-order valence-electron chi connectivity index (χ0n) is 19.0. The molecule has 0 aromatic heterocycles. The molecule has 192 valence electrons. The summed E-state index contributed by atoms with van der Waals surface area (Å²) >= 11 is 0. The maximum absolute atomic E-state index is 12.6. The van der Waals surface area contributed by atoms with Gasteiger partial charge in [0.05, 0.1) is 24.9 Å². The van der Waals surface area contributed by atoms with Crippen molar-refractivity contribution in [2.75, 3.05) is 6.61 Å². The highest BCUT2D eigenvalue weighted by atomic mass is 16.8. The standard InChI is InChI=1S/C24H30O11/c1-23(35-16(27)8-7-13-5-3-2-4-6-13)11-15(26)24(31)9-10-32-22(20(23)24)34-21-19(30)18(29)17(28)14(12-25)33-21/h2-10,14-15,17-22,25-26,28-31H,11-12H2,1H3/t14-,15+,17-,18+,19-,20?,21+,22+,23+,24+/m1/s1. The summed E-state index contributed by atoms with van der Waals surface area (Å²) in [5.74, 6) is -1.90. The molecule has 0 radical (unpaired) electrons. The molecule has 1 aromatic rings. The maximum atomic E-state index is 12.6. The van der Waals surface area contributed by atoms with E-state index in [0.29, 0.717) is 0 Å². The molecule has 1 saturated heterocycles. The van der Waals surface area contributed by atoms with Gasteiger partial charge in [-0.3, -0.25) is 0 Å². The van der Waals surface area contributed by atoms with Crippen LogP contribution in [0.1, 0.15) is 18.9 Å². The molecule has 2 aliphatic heterocycles. The molecular formula is C24H30O11. The molecule has 1 aromatic carbocycles. The second-order valence-corrected chi connectivity index (χ2v) is 9.20. The first-order chi connectivity index (χ1) is 16.6. The second kappa shape index (κ2) is 9.96. The van der Waals surface area contributed by atoms with Gasteiger partial charge in [-0.1, -0.05) is 30.3 Å². The number of carbonyl (C=O) groups is 1. The van der Waals surface area contributed by atoms with Crippen LogP contribution in [-0.4, -0.2) is 97.5 Å². The minimum absolute atomic E-state index is 0.151. The summed E-state index contributed by atoms with van der Waals surface area (Å²) in [5.41, 5.74) is -2.62. The van der Waals surface area contributed by atoms with Gasteiger partial charge in [-0.15, -0.1) is 0 Å². The molecule has 3 aliphatic rings. The summed E-state index contributed by atoms with van der Waals surface area (Å²) in [4.78, 5) is 12.6. The van der Waals surface area contributed by atoms with Gasteiger partial charge in [0.2, 0.25) is 6.29 Å². The minimum Gasteiger partial charge on any atom is -0.472 e. The van der Waals surface area contributed by atoms with E-state index in [1.54, 1.807) is 18.2 Å². The van der Waals surface area contributed by atoms with Crippen LogP contribution in [-0.2, 0) is 23.7 Å². The number of aliphatic hydroxyl groups excluding tert-OH is 5. The molecule has 1 unspecified atom stereocenters. The van der Waals surface area contributed by atoms with Gasteiger partial charge < -0.3 is 49.6 Å². The lowest BCUT2D eigenvalue weighted by atomic mass is 9.81. The van der Waals surface area contributed by atoms with E-state index in [0.717, 1.165) is 11.8 Å². The van der Waals surface area contributed by atoms with E-state index in [1.807, 2.05) is 18.2 Å². The van der Waals surface area contributed by atoms with Gasteiger partial charge in [0.15, 0.2) is 6.29 Å². The lowest BCUT2D eigenvalue weighted by molar-refractivity contribution is -0.351. The van der Waals surface area contributed by atoms with Crippen molar-refractivity contribution in [1.82, 2.24) is 0 Å². The van der Waals surface area contributed by atoms with Gasteiger partial charge in [0.25, 0.3) is 0 Å². The third-order valence-electron chi connectivity index (χ3n) is 6.77. The van der Waals surface area contributed by atoms with Crippen molar-refractivity contribution < 1.29 is 54.4 Å². The Morgan fingerprint density at radius 2 is 1.83 bits per heavy atom. The molecule has 0 spiro atoms. The summed E-state index contributed by atoms with van der Waals surface area (Å²) in [7, 11) is 0. The van der Waals surface area contributed by atoms with Crippen LogP contribution in [0.2, 0.25) is 0 Å². The number of hydrogen-bond donors (Lipinski definition) is 6. The Kier molecular flexibility index (Phi) is 7.32. The van der Waals surface area contributed by atoms with E-state index >= 15 is 0 Å². The van der Waals surface area contributed by atoms with Crippen molar-refractivity contribution in [3.05, 3.63) is 54.3 Å². The highest BCUT2D eigenvalue weighted by molar-refractivity contribution is 5.87. The summed E-state index contributed by atoms with van der Waals surface area (Å²) in [6.45, 7) is 0.852. The monoisotopic (exact) mass is 494 g/mol. The van der Waals surface area contributed by atoms with Crippen LogP contribution in [0.4, 0.5) is 0 Å². The lowest BCUT2D eigenvalue weighted by Gasteiger charge is -2.45. The number of aliphatic hydroxyl groups is 6. The average Bonchev–Trinajstić information content (AvgIpc) is 3.03. The molecular weight excluding hydrogens is 464 g/mol. The van der Waals surface area contributed by atoms with Gasteiger partial charge in [-0.2, -0.15) is 0 Å². The summed E-state index contributed by atoms with van der Waals surface area (Å²) in [6.07, 6.45) is -5.57. The molecule has 0 amide bonds. The third-order valence-corrected chi connectivity index (χ3v) is 6.77. The first-order valence-corrected chi connectivity index (χ1v) is 11.2. The van der Waals surface area contributed by atoms with Crippen LogP contribution in [0.25, 0.3) is 6.08 Å². The second-order valence-electron chi connectivity index (χ2n) is 9.20. The van der Waals surface area contributed by atoms with Crippen molar-refractivity contribution in [1.29, 1.82) is 0 Å². The van der Waals surface area contributed by atoms with Gasteiger partial charge in [0, 0.05) is 12.5 Å². The zero-order valence-corrected chi connectivity index (χ0v) is 19.0. The number of benzene rings is 1. The Bertz CT molecular complexity index is 950. The molecule has 10 atom stereocenters. The van der Waals surface area contributed by atoms with Crippen LogP contribution in [0, 0.1) is 5.92 Å². The number of esters is 1. The van der Waals surface area contributed by atoms with Crippen molar-refractivity contribution in [2.24, 2.45) is 5.92 Å². The topological polar surface area (TPSA) is 175 Å². The third kappa shape index (κ3) is 4.86. The highest BCUT2D eigenvalue weighted by Gasteiger charge is 2.66. The SMILES string of the molecule is C[C@]1(OC(=O)C=Cc2ccccc2)C[C@H](O)[C@@]2(O)C=CO[C@@H](O[C@@H]3O[C@H](CO)[C@@H](O)[C@H](O)[C@H]3O)C21. The van der Waals surface area contributed by atoms with Crippen molar-refractivity contribution in [3.63, 3.8) is 0 Å². The fourth-order valence-electron chi connectivity index (χ4n) is 4.92. The predicted molar refractivity (Wildman–Crippen MR) is 118 cm³/mol. The molecule has 11 nitrogen and oxygen atoms in total. The van der Waals surface area contributed by atoms with Crippen LogP contribution in [0.3, 0.4) is 0 Å². The fraction of sp³-hybridized carbons (Fsp3) is 0.542. The van der Waals surface area contributed by atoms with Crippen LogP contribution < -0.4 is 0 Å². The Morgan fingerprint density at radius 1 is 1.11 bits per heavy atom. The Hall–Kier alpha value is -2.35. The highest BCUT2D eigenvalue weighted by Crippen LogP contribution is 2.51. The number of hydrogen-bond acceptors (Lipinski definition) is 11. The lowest BCUT2D eigenvalue weighted by Crippen LogP contribution is -2.62. The first kappa shape index (κ1) is 25.7. The van der Waals surface area contributed by atoms with E-state index in [1.165, 1.54) is 19.1 Å². The zero-order chi connectivity index (χ0) is 25.4. The number of rotatable bonds is 6. The van der Waals surface area contributed by atoms with E-state index < -0.39 is 72.8 Å². The van der Waals surface area contributed by atoms with Gasteiger partial charge >= 0.3 is 5.97 Å². The van der Waals surface area contributed by atoms with E-state index in [4.69, 9.17) is 18.9 Å². The molecule has 2 fully saturated rings. The largest absolute Gasteiger partial charge is 0.472 e. The molecule has 1 saturated carbocycles. The quantitative estimate of drug-likeness (QED) is 0.207. The molecule has 0 bridgehead atoms. The average molecular weight is 494 g/mol. The normalized spacial score (nSPS) is 43.1. The molecule has 6 N–H and O–H groups in total. The Balaban J connectivity index is 1.55. The minimum atomic E-state index is -1.91. The molecule has 4 rings (SSSR count). The number of carbonyl (C=O) groups excluding carboxylic acids is 1. The van der Waals surface area contributed by atoms with Gasteiger partial charge in [0.1, 0.15) is 35.6 Å². The number of fused-ring (bicyclic) bond motifs is 1. The van der Waals surface area contributed by atoms with Gasteiger partial charge in [-0.25, -0.2) is 4.79 Å². The molecule has 2 heterocycles.